The largest absolute Gasteiger partial charge is 0.474 e. The van der Waals surface area contributed by atoms with Crippen molar-refractivity contribution in [3.8, 4) is 5.88 Å². The molecule has 2 heterocycles. The van der Waals surface area contributed by atoms with Gasteiger partial charge in [-0.2, -0.15) is 0 Å². The summed E-state index contributed by atoms with van der Waals surface area (Å²) in [7, 11) is 0. The minimum atomic E-state index is 0.321. The summed E-state index contributed by atoms with van der Waals surface area (Å²) in [6.07, 6.45) is 6.90. The second-order valence-electron chi connectivity index (χ2n) is 6.82. The van der Waals surface area contributed by atoms with Crippen molar-refractivity contribution in [3.63, 3.8) is 0 Å². The van der Waals surface area contributed by atoms with Crippen molar-refractivity contribution >= 4 is 17.3 Å². The van der Waals surface area contributed by atoms with Gasteiger partial charge in [0.1, 0.15) is 6.10 Å². The number of nitrogens with zero attached hydrogens (tertiary/aromatic N) is 3. The van der Waals surface area contributed by atoms with Crippen LogP contribution in [0.5, 0.6) is 5.88 Å². The number of aryl methyl sites for hydroxylation is 2. The molecule has 1 saturated carbocycles. The molecule has 1 fully saturated rings. The molecule has 27 heavy (non-hydrogen) atoms. The molecule has 2 aromatic rings. The highest BCUT2D eigenvalue weighted by Crippen LogP contribution is 2.23. The van der Waals surface area contributed by atoms with Gasteiger partial charge in [-0.15, -0.1) is 11.3 Å². The van der Waals surface area contributed by atoms with Crippen LogP contribution in [-0.4, -0.2) is 28.6 Å². The Morgan fingerprint density at radius 2 is 2.11 bits per heavy atom. The average molecular weight is 388 g/mol. The number of nitrogens with one attached hydrogen (secondary N) is 2. The number of hydrogen-bond acceptors (Lipinski definition) is 5. The number of guanidine groups is 1. The van der Waals surface area contributed by atoms with E-state index in [2.05, 4.69) is 27.5 Å². The summed E-state index contributed by atoms with van der Waals surface area (Å²) in [6.45, 7) is 8.29. The molecule has 146 valence electrons. The van der Waals surface area contributed by atoms with Crippen LogP contribution >= 0.6 is 11.3 Å². The Labute approximate surface area is 165 Å². The highest BCUT2D eigenvalue weighted by molar-refractivity contribution is 7.11. The third-order valence-electron chi connectivity index (χ3n) is 4.57. The van der Waals surface area contributed by atoms with E-state index in [0.717, 1.165) is 48.2 Å². The van der Waals surface area contributed by atoms with Crippen molar-refractivity contribution in [2.45, 2.75) is 65.6 Å². The second-order valence-corrected chi connectivity index (χ2v) is 8.10. The molecule has 0 spiro atoms. The van der Waals surface area contributed by atoms with Crippen molar-refractivity contribution in [1.82, 2.24) is 20.6 Å². The fourth-order valence-electron chi connectivity index (χ4n) is 3.20. The van der Waals surface area contributed by atoms with Crippen molar-refractivity contribution in [2.24, 2.45) is 4.99 Å². The molecule has 0 bridgehead atoms. The Balaban J connectivity index is 1.59. The van der Waals surface area contributed by atoms with Crippen LogP contribution < -0.4 is 15.4 Å². The van der Waals surface area contributed by atoms with E-state index in [1.54, 1.807) is 17.5 Å². The molecule has 0 radical (unpaired) electrons. The zero-order valence-electron chi connectivity index (χ0n) is 16.4. The molecule has 6 nitrogen and oxygen atoms in total. The van der Waals surface area contributed by atoms with Gasteiger partial charge in [0, 0.05) is 23.7 Å². The lowest BCUT2D eigenvalue weighted by molar-refractivity contribution is 0.201. The highest BCUT2D eigenvalue weighted by Gasteiger charge is 2.17. The van der Waals surface area contributed by atoms with E-state index in [9.17, 15) is 0 Å². The lowest BCUT2D eigenvalue weighted by atomic mass is 10.2. The van der Waals surface area contributed by atoms with Gasteiger partial charge >= 0.3 is 0 Å². The van der Waals surface area contributed by atoms with Crippen LogP contribution in [0.25, 0.3) is 0 Å². The maximum atomic E-state index is 5.99. The molecule has 0 atom stereocenters. The van der Waals surface area contributed by atoms with E-state index in [0.29, 0.717) is 18.5 Å². The van der Waals surface area contributed by atoms with Crippen LogP contribution in [-0.2, 0) is 13.1 Å². The normalized spacial score (nSPS) is 15.1. The predicted molar refractivity (Wildman–Crippen MR) is 110 cm³/mol. The third kappa shape index (κ3) is 5.92. The van der Waals surface area contributed by atoms with Gasteiger partial charge in [-0.1, -0.05) is 0 Å². The standard InChI is InChI=1S/C20H29N5OS/c1-4-21-20(24-13-18-14(2)25-15(3)27-18)23-12-16-9-10-22-19(11-16)26-17-7-5-6-8-17/h9-11,17H,4-8,12-13H2,1-3H3,(H2,21,23,24). The average Bonchev–Trinajstić information content (AvgIpc) is 3.27. The summed E-state index contributed by atoms with van der Waals surface area (Å²) >= 11 is 1.72. The molecule has 3 rings (SSSR count). The Bertz CT molecular complexity index is 767. The first-order valence-corrected chi connectivity index (χ1v) is 10.5. The van der Waals surface area contributed by atoms with Crippen molar-refractivity contribution in [2.75, 3.05) is 6.54 Å². The molecule has 0 amide bonds. The van der Waals surface area contributed by atoms with E-state index in [1.165, 1.54) is 17.7 Å². The topological polar surface area (TPSA) is 71.4 Å². The van der Waals surface area contributed by atoms with Crippen molar-refractivity contribution < 1.29 is 4.74 Å². The van der Waals surface area contributed by atoms with Gasteiger partial charge in [0.25, 0.3) is 0 Å². The second kappa shape index (κ2) is 9.69. The van der Waals surface area contributed by atoms with E-state index >= 15 is 0 Å². The van der Waals surface area contributed by atoms with E-state index in [1.807, 2.05) is 26.0 Å². The monoisotopic (exact) mass is 387 g/mol. The Kier molecular flexibility index (Phi) is 7.04. The Hall–Kier alpha value is -2.15. The van der Waals surface area contributed by atoms with Gasteiger partial charge in [-0.25, -0.2) is 15.0 Å². The maximum Gasteiger partial charge on any atom is 0.213 e. The summed E-state index contributed by atoms with van der Waals surface area (Å²) in [5, 5.41) is 7.79. The third-order valence-corrected chi connectivity index (χ3v) is 5.64. The first-order chi connectivity index (χ1) is 13.1. The summed E-state index contributed by atoms with van der Waals surface area (Å²) in [5.74, 6) is 1.52. The Morgan fingerprint density at radius 1 is 1.30 bits per heavy atom. The quantitative estimate of drug-likeness (QED) is 0.559. The first-order valence-electron chi connectivity index (χ1n) is 9.70. The van der Waals surface area contributed by atoms with Crippen LogP contribution in [0, 0.1) is 13.8 Å². The van der Waals surface area contributed by atoms with Gasteiger partial charge in [0.05, 0.1) is 23.8 Å². The van der Waals surface area contributed by atoms with Gasteiger partial charge in [0.15, 0.2) is 5.96 Å². The maximum absolute atomic E-state index is 5.99. The number of rotatable bonds is 7. The SMILES string of the molecule is CCNC(=NCc1ccnc(OC2CCCC2)c1)NCc1sc(C)nc1C. The van der Waals surface area contributed by atoms with E-state index in [4.69, 9.17) is 9.73 Å². The molecule has 2 N–H and O–H groups in total. The zero-order chi connectivity index (χ0) is 19.1. The number of hydrogen-bond donors (Lipinski definition) is 2. The summed E-state index contributed by atoms with van der Waals surface area (Å²) in [5.41, 5.74) is 2.18. The van der Waals surface area contributed by atoms with E-state index < -0.39 is 0 Å². The van der Waals surface area contributed by atoms with Crippen LogP contribution in [0.1, 0.15) is 53.7 Å². The number of aliphatic imine (C=N–C) groups is 1. The Morgan fingerprint density at radius 3 is 2.81 bits per heavy atom. The molecular formula is C20H29N5OS. The lowest BCUT2D eigenvalue weighted by Gasteiger charge is -2.13. The van der Waals surface area contributed by atoms with Gasteiger partial charge in [0.2, 0.25) is 5.88 Å². The summed E-state index contributed by atoms with van der Waals surface area (Å²) < 4.78 is 5.99. The summed E-state index contributed by atoms with van der Waals surface area (Å²) in [4.78, 5) is 14.8. The smallest absolute Gasteiger partial charge is 0.213 e. The summed E-state index contributed by atoms with van der Waals surface area (Å²) in [6, 6.07) is 3.99. The molecule has 0 unspecified atom stereocenters. The number of aromatic nitrogens is 2. The highest BCUT2D eigenvalue weighted by atomic mass is 32.1. The minimum Gasteiger partial charge on any atom is -0.474 e. The van der Waals surface area contributed by atoms with Gasteiger partial charge in [-0.3, -0.25) is 0 Å². The van der Waals surface area contributed by atoms with Gasteiger partial charge in [-0.05, 0) is 58.1 Å². The van der Waals surface area contributed by atoms with E-state index in [-0.39, 0.29) is 0 Å². The fourth-order valence-corrected chi connectivity index (χ4v) is 4.08. The molecule has 2 aromatic heterocycles. The molecule has 7 heteroatoms. The molecule has 1 aliphatic carbocycles. The van der Waals surface area contributed by atoms with Crippen LogP contribution in [0.2, 0.25) is 0 Å². The number of ether oxygens (including phenoxy) is 1. The number of thiazole rings is 1. The molecular weight excluding hydrogens is 358 g/mol. The molecule has 0 aliphatic heterocycles. The van der Waals surface area contributed by atoms with Crippen molar-refractivity contribution in [3.05, 3.63) is 39.5 Å². The van der Waals surface area contributed by atoms with Crippen molar-refractivity contribution in [1.29, 1.82) is 0 Å². The molecule has 0 aromatic carbocycles. The zero-order valence-corrected chi connectivity index (χ0v) is 17.2. The van der Waals surface area contributed by atoms with Crippen LogP contribution in [0.3, 0.4) is 0 Å². The van der Waals surface area contributed by atoms with Gasteiger partial charge < -0.3 is 15.4 Å². The van der Waals surface area contributed by atoms with Crippen LogP contribution in [0.15, 0.2) is 23.3 Å². The predicted octanol–water partition coefficient (Wildman–Crippen LogP) is 3.73. The first kappa shape index (κ1) is 19.6. The fraction of sp³-hybridized carbons (Fsp3) is 0.550. The van der Waals surface area contributed by atoms with Crippen LogP contribution in [0.4, 0.5) is 0 Å². The molecule has 1 aliphatic rings. The minimum absolute atomic E-state index is 0.321. The molecule has 0 saturated heterocycles. The lowest BCUT2D eigenvalue weighted by Crippen LogP contribution is -2.36. The number of pyridine rings is 1.